The van der Waals surface area contributed by atoms with Gasteiger partial charge in [0.25, 0.3) is 0 Å². The fourth-order valence-electron chi connectivity index (χ4n) is 10.5. The van der Waals surface area contributed by atoms with Gasteiger partial charge in [0.2, 0.25) is 0 Å². The zero-order valence-corrected chi connectivity index (χ0v) is 36.7. The first-order valence-corrected chi connectivity index (χ1v) is 23.0. The number of benzene rings is 9. The maximum Gasteiger partial charge on any atom is 0.0753 e. The van der Waals surface area contributed by atoms with Crippen molar-refractivity contribution in [2.75, 3.05) is 11.9 Å². The van der Waals surface area contributed by atoms with E-state index in [1.54, 1.807) is 0 Å². The van der Waals surface area contributed by atoms with Crippen LogP contribution in [-0.2, 0) is 5.41 Å². The first-order valence-electron chi connectivity index (χ1n) is 22.1. The fraction of sp³-hybridized carbons (Fsp3) is 0.136. The standard InChI is InChI=1S/C59H49N3S/c1-4-53(61-54(40-19-9-6-10-20-40)37-52(60)39-17-7-5-8-18-39)41-29-27-38(28-30-41)42-32-34-50-55(36-42)62(3)57(58-59(50,2)51-25-15-16-26-56(51)63-58)43-31-33-48-46-23-12-11-21-44(46)45-22-13-14-24-47(45)49(48)35-43/h5-37,53,57-58H,4,60H2,1-3H3/b52-37-,61-54+. The lowest BCUT2D eigenvalue weighted by atomic mass is 9.67. The molecule has 0 bridgehead atoms. The lowest BCUT2D eigenvalue weighted by Gasteiger charge is -2.49. The zero-order chi connectivity index (χ0) is 42.7. The van der Waals surface area contributed by atoms with Gasteiger partial charge in [-0.25, -0.2) is 0 Å². The largest absolute Gasteiger partial charge is 0.398 e. The van der Waals surface area contributed by atoms with Crippen LogP contribution in [0.15, 0.2) is 210 Å². The monoisotopic (exact) mass is 831 g/mol. The van der Waals surface area contributed by atoms with Crippen LogP contribution < -0.4 is 10.6 Å². The highest BCUT2D eigenvalue weighted by Crippen LogP contribution is 2.62. The van der Waals surface area contributed by atoms with E-state index in [1.807, 2.05) is 54.2 Å². The quantitative estimate of drug-likeness (QED) is 0.122. The van der Waals surface area contributed by atoms with Gasteiger partial charge in [0.05, 0.1) is 17.8 Å². The zero-order valence-electron chi connectivity index (χ0n) is 35.9. The second kappa shape index (κ2) is 15.8. The van der Waals surface area contributed by atoms with Crippen molar-refractivity contribution >= 4 is 61.2 Å². The number of aliphatic imine (C=N–C) groups is 1. The molecule has 2 N–H and O–H groups in total. The van der Waals surface area contributed by atoms with E-state index in [1.165, 1.54) is 76.3 Å². The van der Waals surface area contributed by atoms with Crippen molar-refractivity contribution in [1.29, 1.82) is 0 Å². The van der Waals surface area contributed by atoms with Crippen LogP contribution in [0.25, 0.3) is 49.1 Å². The molecular formula is C59H49N3S. The van der Waals surface area contributed by atoms with Crippen LogP contribution in [0, 0.1) is 0 Å². The summed E-state index contributed by atoms with van der Waals surface area (Å²) < 4.78 is 0. The summed E-state index contributed by atoms with van der Waals surface area (Å²) in [6, 6.07) is 71.0. The summed E-state index contributed by atoms with van der Waals surface area (Å²) in [5, 5.41) is 8.14. The summed E-state index contributed by atoms with van der Waals surface area (Å²) in [6.45, 7) is 4.70. The number of hydrogen-bond acceptors (Lipinski definition) is 4. The Morgan fingerprint density at radius 3 is 1.86 bits per heavy atom. The molecule has 0 radical (unpaired) electrons. The highest BCUT2D eigenvalue weighted by atomic mass is 32.2. The third-order valence-corrected chi connectivity index (χ3v) is 15.4. The van der Waals surface area contributed by atoms with E-state index in [0.717, 1.165) is 23.3 Å². The minimum atomic E-state index is -0.183. The molecule has 4 unspecified atom stereocenters. The van der Waals surface area contributed by atoms with Gasteiger partial charge in [-0.15, -0.1) is 11.8 Å². The first-order chi connectivity index (χ1) is 30.9. The summed E-state index contributed by atoms with van der Waals surface area (Å²) in [5.41, 5.74) is 19.1. The molecule has 4 atom stereocenters. The number of nitrogens with zero attached hydrogens (tertiary/aromatic N) is 2. The fourth-order valence-corrected chi connectivity index (χ4v) is 12.3. The van der Waals surface area contributed by atoms with Crippen LogP contribution in [0.2, 0.25) is 0 Å². The SMILES string of the molecule is CCC(/N=C(\C=C(/N)c1ccccc1)c1ccccc1)c1ccc(-c2ccc3c(c2)N(C)C(c2ccc4c5ccccc5c5ccccc5c4c2)C2Sc4ccccc4C32C)cc1. The van der Waals surface area contributed by atoms with Gasteiger partial charge < -0.3 is 10.6 Å². The Morgan fingerprint density at radius 1 is 0.619 bits per heavy atom. The van der Waals surface area contributed by atoms with Crippen molar-refractivity contribution in [3.8, 4) is 11.1 Å². The number of allylic oxidation sites excluding steroid dienone is 1. The Morgan fingerprint density at radius 2 is 1.19 bits per heavy atom. The van der Waals surface area contributed by atoms with Gasteiger partial charge in [0, 0.05) is 34.0 Å². The third-order valence-electron chi connectivity index (χ3n) is 13.8. The van der Waals surface area contributed by atoms with Crippen molar-refractivity contribution in [1.82, 2.24) is 0 Å². The van der Waals surface area contributed by atoms with Crippen molar-refractivity contribution in [2.45, 2.75) is 47.9 Å². The van der Waals surface area contributed by atoms with E-state index in [-0.39, 0.29) is 22.7 Å². The highest BCUT2D eigenvalue weighted by Gasteiger charge is 2.54. The molecule has 0 spiro atoms. The lowest BCUT2D eigenvalue weighted by molar-refractivity contribution is 0.447. The Kier molecular flexibility index (Phi) is 9.77. The predicted molar refractivity (Wildman–Crippen MR) is 269 cm³/mol. The van der Waals surface area contributed by atoms with Crippen LogP contribution >= 0.6 is 11.8 Å². The van der Waals surface area contributed by atoms with Crippen molar-refractivity contribution in [3.63, 3.8) is 0 Å². The molecule has 11 rings (SSSR count). The summed E-state index contributed by atoms with van der Waals surface area (Å²) in [7, 11) is 2.31. The summed E-state index contributed by atoms with van der Waals surface area (Å²) in [4.78, 5) is 9.32. The molecule has 0 aliphatic carbocycles. The second-order valence-corrected chi connectivity index (χ2v) is 18.5. The molecule has 306 valence electrons. The average molecular weight is 832 g/mol. The summed E-state index contributed by atoms with van der Waals surface area (Å²) in [6.07, 6.45) is 2.88. The minimum Gasteiger partial charge on any atom is -0.398 e. The normalized spacial score (nSPS) is 18.9. The van der Waals surface area contributed by atoms with Gasteiger partial charge >= 0.3 is 0 Å². The molecule has 0 saturated heterocycles. The Bertz CT molecular complexity index is 3210. The van der Waals surface area contributed by atoms with Crippen LogP contribution in [0.5, 0.6) is 0 Å². The first kappa shape index (κ1) is 39.0. The van der Waals surface area contributed by atoms with E-state index < -0.39 is 0 Å². The van der Waals surface area contributed by atoms with Gasteiger partial charge in [0.1, 0.15) is 0 Å². The molecule has 9 aromatic carbocycles. The van der Waals surface area contributed by atoms with Crippen LogP contribution in [0.1, 0.15) is 65.7 Å². The van der Waals surface area contributed by atoms with Crippen LogP contribution in [0.4, 0.5) is 5.69 Å². The number of anilines is 1. The summed E-state index contributed by atoms with van der Waals surface area (Å²) in [5.74, 6) is 0. The Labute approximate surface area is 374 Å². The molecule has 0 amide bonds. The van der Waals surface area contributed by atoms with Gasteiger partial charge in [0.15, 0.2) is 0 Å². The van der Waals surface area contributed by atoms with Crippen molar-refractivity contribution in [2.24, 2.45) is 10.7 Å². The Balaban J connectivity index is 0.987. The number of fused-ring (bicyclic) bond motifs is 11. The van der Waals surface area contributed by atoms with E-state index in [0.29, 0.717) is 5.70 Å². The van der Waals surface area contributed by atoms with Gasteiger partial charge in [-0.1, -0.05) is 190 Å². The lowest BCUT2D eigenvalue weighted by Crippen LogP contribution is -2.48. The molecule has 3 nitrogen and oxygen atoms in total. The molecule has 0 saturated carbocycles. The molecule has 4 heteroatoms. The van der Waals surface area contributed by atoms with Gasteiger partial charge in [-0.3, -0.25) is 4.99 Å². The molecule has 0 aromatic heterocycles. The molecule has 63 heavy (non-hydrogen) atoms. The van der Waals surface area contributed by atoms with Gasteiger partial charge in [-0.05, 0) is 108 Å². The second-order valence-electron chi connectivity index (χ2n) is 17.3. The maximum atomic E-state index is 6.67. The average Bonchev–Trinajstić information content (AvgIpc) is 3.65. The minimum absolute atomic E-state index is 0.0293. The topological polar surface area (TPSA) is 41.6 Å². The number of nitrogens with two attached hydrogens (primary N) is 1. The van der Waals surface area contributed by atoms with E-state index in [2.05, 4.69) is 184 Å². The molecule has 0 fully saturated rings. The molecule has 9 aromatic rings. The van der Waals surface area contributed by atoms with E-state index >= 15 is 0 Å². The maximum absolute atomic E-state index is 6.67. The number of rotatable bonds is 8. The third kappa shape index (κ3) is 6.55. The van der Waals surface area contributed by atoms with Gasteiger partial charge in [-0.2, -0.15) is 0 Å². The molecule has 2 heterocycles. The molecule has 2 aliphatic rings. The van der Waals surface area contributed by atoms with Crippen LogP contribution in [-0.4, -0.2) is 18.0 Å². The van der Waals surface area contributed by atoms with E-state index in [9.17, 15) is 0 Å². The summed E-state index contributed by atoms with van der Waals surface area (Å²) >= 11 is 2.05. The number of thioether (sulfide) groups is 1. The van der Waals surface area contributed by atoms with E-state index in [4.69, 9.17) is 10.7 Å². The highest BCUT2D eigenvalue weighted by molar-refractivity contribution is 8.00. The predicted octanol–water partition coefficient (Wildman–Crippen LogP) is 14.7. The molecule has 2 aliphatic heterocycles. The Hall–Kier alpha value is -6.88. The smallest absolute Gasteiger partial charge is 0.0753 e. The molecular weight excluding hydrogens is 783 g/mol. The van der Waals surface area contributed by atoms with Crippen molar-refractivity contribution < 1.29 is 0 Å². The van der Waals surface area contributed by atoms with Crippen LogP contribution in [0.3, 0.4) is 0 Å². The van der Waals surface area contributed by atoms with Crippen molar-refractivity contribution in [3.05, 3.63) is 234 Å². The number of hydrogen-bond donors (Lipinski definition) is 1.